The molecule has 1 atom stereocenters. The maximum atomic E-state index is 14.0. The molecule has 1 unspecified atom stereocenters. The van der Waals surface area contributed by atoms with Crippen molar-refractivity contribution in [2.75, 3.05) is 18.4 Å². The standard InChI is InChI=1S/C32H35F6N5O3/c1-30(2,3)46-29(45)43-14-12-21(13-15-43)20-6-10-24(11-7-20)41-28-40-18-25(32(36,37)38)27(42-28)22(17-26(39)44)16-19-4-8-23(9-5-19)31(33,34)35/h4-11,18,21-22H,12-17H2,1-3H3,(H2,39,44)(H,40,41,42). The van der Waals surface area contributed by atoms with Crippen LogP contribution in [0.25, 0.3) is 0 Å². The zero-order valence-electron chi connectivity index (χ0n) is 25.5. The van der Waals surface area contributed by atoms with Gasteiger partial charge in [0.1, 0.15) is 5.60 Å². The minimum Gasteiger partial charge on any atom is -0.444 e. The van der Waals surface area contributed by atoms with Gasteiger partial charge in [0, 0.05) is 37.3 Å². The Hall–Kier alpha value is -4.36. The summed E-state index contributed by atoms with van der Waals surface area (Å²) < 4.78 is 86.5. The van der Waals surface area contributed by atoms with Crippen LogP contribution in [0.3, 0.4) is 0 Å². The summed E-state index contributed by atoms with van der Waals surface area (Å²) in [7, 11) is 0. The SMILES string of the molecule is CC(C)(C)OC(=O)N1CCC(c2ccc(Nc3ncc(C(F)(F)F)c(C(CC(N)=O)Cc4ccc(C(F)(F)F)cc4)n3)cc2)CC1. The molecule has 8 nitrogen and oxygen atoms in total. The van der Waals surface area contributed by atoms with E-state index in [0.717, 1.165) is 42.7 Å². The van der Waals surface area contributed by atoms with Gasteiger partial charge in [0.25, 0.3) is 0 Å². The number of anilines is 2. The number of halogens is 6. The molecule has 4 rings (SSSR count). The molecule has 0 aliphatic carbocycles. The zero-order valence-corrected chi connectivity index (χ0v) is 25.5. The highest BCUT2D eigenvalue weighted by molar-refractivity contribution is 5.75. The van der Waals surface area contributed by atoms with Crippen molar-refractivity contribution < 1.29 is 40.7 Å². The number of ether oxygens (including phenoxy) is 1. The molecule has 0 radical (unpaired) electrons. The lowest BCUT2D eigenvalue weighted by Gasteiger charge is -2.33. The number of nitrogens with one attached hydrogen (secondary N) is 1. The summed E-state index contributed by atoms with van der Waals surface area (Å²) in [6.45, 7) is 6.52. The lowest BCUT2D eigenvalue weighted by Crippen LogP contribution is -2.41. The van der Waals surface area contributed by atoms with E-state index >= 15 is 0 Å². The van der Waals surface area contributed by atoms with Crippen LogP contribution in [0.1, 0.15) is 79.8 Å². The fourth-order valence-electron chi connectivity index (χ4n) is 5.30. The summed E-state index contributed by atoms with van der Waals surface area (Å²) in [6.07, 6.45) is -8.47. The second kappa shape index (κ2) is 13.6. The molecule has 1 fully saturated rings. The van der Waals surface area contributed by atoms with E-state index in [9.17, 15) is 35.9 Å². The summed E-state index contributed by atoms with van der Waals surface area (Å²) in [5.74, 6) is -2.06. The van der Waals surface area contributed by atoms with Gasteiger partial charge in [-0.15, -0.1) is 0 Å². The van der Waals surface area contributed by atoms with Gasteiger partial charge in [-0.05, 0) is 81.3 Å². The molecule has 2 amide bonds. The molecule has 3 aromatic rings. The average Bonchev–Trinajstić information content (AvgIpc) is 2.95. The van der Waals surface area contributed by atoms with Crippen molar-refractivity contribution >= 4 is 23.6 Å². The Morgan fingerprint density at radius 2 is 1.57 bits per heavy atom. The number of hydrogen-bond donors (Lipinski definition) is 2. The van der Waals surface area contributed by atoms with Gasteiger partial charge in [-0.1, -0.05) is 24.3 Å². The first-order chi connectivity index (χ1) is 21.4. The fraction of sp³-hybridized carbons (Fsp3) is 0.438. The Kier molecular flexibility index (Phi) is 10.2. The van der Waals surface area contributed by atoms with Crippen LogP contribution in [0.4, 0.5) is 42.8 Å². The number of nitrogens with two attached hydrogens (primary N) is 1. The summed E-state index contributed by atoms with van der Waals surface area (Å²) in [4.78, 5) is 33.9. The monoisotopic (exact) mass is 651 g/mol. The van der Waals surface area contributed by atoms with Gasteiger partial charge in [0.05, 0.1) is 16.8 Å². The average molecular weight is 652 g/mol. The number of alkyl halides is 6. The maximum absolute atomic E-state index is 14.0. The van der Waals surface area contributed by atoms with Crippen LogP contribution in [-0.4, -0.2) is 45.6 Å². The highest BCUT2D eigenvalue weighted by Crippen LogP contribution is 2.38. The van der Waals surface area contributed by atoms with Crippen LogP contribution in [-0.2, 0) is 28.3 Å². The number of likely N-dealkylation sites (tertiary alicyclic amines) is 1. The predicted octanol–water partition coefficient (Wildman–Crippen LogP) is 7.57. The number of hydrogen-bond acceptors (Lipinski definition) is 6. The van der Waals surface area contributed by atoms with Gasteiger partial charge >= 0.3 is 18.4 Å². The van der Waals surface area contributed by atoms with Crippen molar-refractivity contribution in [1.82, 2.24) is 14.9 Å². The molecule has 46 heavy (non-hydrogen) atoms. The number of carbonyl (C=O) groups excluding carboxylic acids is 2. The number of rotatable bonds is 8. The second-order valence-corrected chi connectivity index (χ2v) is 12.2. The van der Waals surface area contributed by atoms with Gasteiger partial charge in [-0.3, -0.25) is 4.79 Å². The molecule has 248 valence electrons. The van der Waals surface area contributed by atoms with E-state index < -0.39 is 53.0 Å². The minimum absolute atomic E-state index is 0.164. The van der Waals surface area contributed by atoms with Crippen LogP contribution in [0.2, 0.25) is 0 Å². The topological polar surface area (TPSA) is 110 Å². The smallest absolute Gasteiger partial charge is 0.419 e. The number of amides is 2. The predicted molar refractivity (Wildman–Crippen MR) is 158 cm³/mol. The third-order valence-electron chi connectivity index (χ3n) is 7.51. The van der Waals surface area contributed by atoms with Crippen molar-refractivity contribution in [3.05, 3.63) is 82.7 Å². The van der Waals surface area contributed by atoms with Gasteiger partial charge in [0.2, 0.25) is 11.9 Å². The summed E-state index contributed by atoms with van der Waals surface area (Å²) in [6, 6.07) is 11.2. The Bertz CT molecular complexity index is 1510. The molecule has 2 heterocycles. The van der Waals surface area contributed by atoms with Gasteiger partial charge in [-0.2, -0.15) is 26.3 Å². The Morgan fingerprint density at radius 3 is 2.09 bits per heavy atom. The van der Waals surface area contributed by atoms with Crippen LogP contribution in [0.15, 0.2) is 54.7 Å². The van der Waals surface area contributed by atoms with E-state index in [-0.39, 0.29) is 29.9 Å². The Balaban J connectivity index is 1.51. The molecule has 14 heteroatoms. The Labute approximate surface area is 262 Å². The van der Waals surface area contributed by atoms with Crippen LogP contribution < -0.4 is 11.1 Å². The number of piperidine rings is 1. The summed E-state index contributed by atoms with van der Waals surface area (Å²) in [5.41, 5.74) is 3.98. The third-order valence-corrected chi connectivity index (χ3v) is 7.51. The molecule has 1 aliphatic rings. The first-order valence-corrected chi connectivity index (χ1v) is 14.6. The minimum atomic E-state index is -4.87. The second-order valence-electron chi connectivity index (χ2n) is 12.2. The van der Waals surface area contributed by atoms with Gasteiger partial charge < -0.3 is 20.7 Å². The lowest BCUT2D eigenvalue weighted by molar-refractivity contribution is -0.139. The first-order valence-electron chi connectivity index (χ1n) is 14.6. The highest BCUT2D eigenvalue weighted by Gasteiger charge is 2.38. The highest BCUT2D eigenvalue weighted by atomic mass is 19.4. The van der Waals surface area contributed by atoms with E-state index in [1.807, 2.05) is 32.9 Å². The molecule has 3 N–H and O–H groups in total. The molecule has 0 bridgehead atoms. The van der Waals surface area contributed by atoms with Crippen molar-refractivity contribution in [3.63, 3.8) is 0 Å². The zero-order chi connectivity index (χ0) is 33.9. The number of benzene rings is 2. The van der Waals surface area contributed by atoms with E-state index in [2.05, 4.69) is 15.3 Å². The fourth-order valence-corrected chi connectivity index (χ4v) is 5.30. The van der Waals surface area contributed by atoms with E-state index in [0.29, 0.717) is 25.0 Å². The normalized spacial score (nSPS) is 15.4. The van der Waals surface area contributed by atoms with Crippen molar-refractivity contribution in [2.45, 2.75) is 76.2 Å². The van der Waals surface area contributed by atoms with E-state index in [1.54, 1.807) is 17.0 Å². The molecule has 0 saturated carbocycles. The number of carbonyl (C=O) groups is 2. The Morgan fingerprint density at radius 1 is 0.957 bits per heavy atom. The number of nitrogens with zero attached hydrogens (tertiary/aromatic N) is 3. The van der Waals surface area contributed by atoms with Crippen LogP contribution in [0, 0.1) is 0 Å². The molecule has 1 aliphatic heterocycles. The first kappa shape index (κ1) is 34.5. The van der Waals surface area contributed by atoms with Crippen LogP contribution >= 0.6 is 0 Å². The lowest BCUT2D eigenvalue weighted by atomic mass is 9.89. The quantitative estimate of drug-likeness (QED) is 0.243. The van der Waals surface area contributed by atoms with Gasteiger partial charge in [-0.25, -0.2) is 14.8 Å². The van der Waals surface area contributed by atoms with Crippen molar-refractivity contribution in [3.8, 4) is 0 Å². The molecular formula is C32H35F6N5O3. The number of aromatic nitrogens is 2. The number of primary amides is 1. The molecule has 2 aromatic carbocycles. The van der Waals surface area contributed by atoms with Crippen LogP contribution in [0.5, 0.6) is 0 Å². The third kappa shape index (κ3) is 9.33. The maximum Gasteiger partial charge on any atom is 0.419 e. The summed E-state index contributed by atoms with van der Waals surface area (Å²) >= 11 is 0. The van der Waals surface area contributed by atoms with E-state index in [1.165, 1.54) is 0 Å². The molecule has 1 aromatic heterocycles. The van der Waals surface area contributed by atoms with Gasteiger partial charge in [0.15, 0.2) is 0 Å². The van der Waals surface area contributed by atoms with E-state index in [4.69, 9.17) is 10.5 Å². The summed E-state index contributed by atoms with van der Waals surface area (Å²) in [5, 5.41) is 2.89. The largest absolute Gasteiger partial charge is 0.444 e. The van der Waals surface area contributed by atoms with Crippen molar-refractivity contribution in [1.29, 1.82) is 0 Å². The van der Waals surface area contributed by atoms with Crippen molar-refractivity contribution in [2.24, 2.45) is 5.73 Å². The molecule has 0 spiro atoms. The molecular weight excluding hydrogens is 616 g/mol. The molecule has 1 saturated heterocycles.